The first-order valence-electron chi connectivity index (χ1n) is 6.76. The van der Waals surface area contributed by atoms with Crippen molar-refractivity contribution in [2.75, 3.05) is 13.7 Å². The van der Waals surface area contributed by atoms with Crippen molar-refractivity contribution in [1.29, 1.82) is 0 Å². The lowest BCUT2D eigenvalue weighted by Gasteiger charge is -2.12. The number of ether oxygens (including phenoxy) is 3. The molecule has 0 bridgehead atoms. The third kappa shape index (κ3) is 3.99. The van der Waals surface area contributed by atoms with Gasteiger partial charge in [-0.1, -0.05) is 30.3 Å². The van der Waals surface area contributed by atoms with Crippen LogP contribution in [0.5, 0.6) is 11.5 Å². The van der Waals surface area contributed by atoms with Gasteiger partial charge in [-0.05, 0) is 30.7 Å². The zero-order valence-corrected chi connectivity index (χ0v) is 12.2. The first-order chi connectivity index (χ1) is 10.2. The summed E-state index contributed by atoms with van der Waals surface area (Å²) in [6.07, 6.45) is 0. The highest BCUT2D eigenvalue weighted by molar-refractivity contribution is 5.90. The monoisotopic (exact) mass is 286 g/mol. The summed E-state index contributed by atoms with van der Waals surface area (Å²) in [6.45, 7) is 2.55. The predicted octanol–water partition coefficient (Wildman–Crippen LogP) is 3.45. The summed E-state index contributed by atoms with van der Waals surface area (Å²) >= 11 is 0. The molecule has 4 nitrogen and oxygen atoms in total. The van der Waals surface area contributed by atoms with Crippen LogP contribution in [0.4, 0.5) is 0 Å². The molecule has 0 N–H and O–H groups in total. The highest BCUT2D eigenvalue weighted by atomic mass is 16.5. The van der Waals surface area contributed by atoms with E-state index in [1.807, 2.05) is 30.3 Å². The summed E-state index contributed by atoms with van der Waals surface area (Å²) < 4.78 is 16.0. The van der Waals surface area contributed by atoms with Gasteiger partial charge in [0.05, 0.1) is 19.3 Å². The molecular formula is C17H18O4. The van der Waals surface area contributed by atoms with Crippen molar-refractivity contribution in [1.82, 2.24) is 0 Å². The lowest BCUT2D eigenvalue weighted by molar-refractivity contribution is 0.0526. The number of hydrogen-bond acceptors (Lipinski definition) is 4. The molecule has 2 aromatic rings. The Kier molecular flexibility index (Phi) is 5.21. The maximum absolute atomic E-state index is 11.7. The Hall–Kier alpha value is -2.49. The van der Waals surface area contributed by atoms with Crippen molar-refractivity contribution in [3.8, 4) is 11.5 Å². The van der Waals surface area contributed by atoms with E-state index in [9.17, 15) is 4.79 Å². The van der Waals surface area contributed by atoms with Gasteiger partial charge in [0.1, 0.15) is 6.61 Å². The molecular weight excluding hydrogens is 268 g/mol. The molecule has 0 aromatic heterocycles. The summed E-state index contributed by atoms with van der Waals surface area (Å²) in [5, 5.41) is 0. The summed E-state index contributed by atoms with van der Waals surface area (Å²) in [6, 6.07) is 14.9. The van der Waals surface area contributed by atoms with Gasteiger partial charge < -0.3 is 14.2 Å². The molecule has 0 atom stereocenters. The Morgan fingerprint density at radius 2 is 1.81 bits per heavy atom. The molecule has 0 saturated carbocycles. The molecule has 0 amide bonds. The highest BCUT2D eigenvalue weighted by Crippen LogP contribution is 2.29. The van der Waals surface area contributed by atoms with Gasteiger partial charge in [-0.2, -0.15) is 0 Å². The number of esters is 1. The van der Waals surface area contributed by atoms with Gasteiger partial charge in [-0.15, -0.1) is 0 Å². The van der Waals surface area contributed by atoms with Crippen LogP contribution in [-0.4, -0.2) is 19.7 Å². The van der Waals surface area contributed by atoms with Crippen LogP contribution in [0.25, 0.3) is 0 Å². The molecule has 0 spiro atoms. The van der Waals surface area contributed by atoms with Gasteiger partial charge >= 0.3 is 5.97 Å². The second kappa shape index (κ2) is 7.33. The topological polar surface area (TPSA) is 44.8 Å². The van der Waals surface area contributed by atoms with Gasteiger partial charge in [-0.3, -0.25) is 0 Å². The second-order valence-corrected chi connectivity index (χ2v) is 4.36. The van der Waals surface area contributed by atoms with Crippen molar-refractivity contribution in [2.24, 2.45) is 0 Å². The molecule has 110 valence electrons. The molecule has 0 aliphatic heterocycles. The molecule has 0 aliphatic rings. The predicted molar refractivity (Wildman–Crippen MR) is 79.7 cm³/mol. The van der Waals surface area contributed by atoms with Crippen molar-refractivity contribution >= 4 is 5.97 Å². The van der Waals surface area contributed by atoms with E-state index in [0.717, 1.165) is 5.56 Å². The van der Waals surface area contributed by atoms with Gasteiger partial charge in [0.15, 0.2) is 11.5 Å². The molecule has 4 heteroatoms. The number of carbonyl (C=O) groups is 1. The maximum atomic E-state index is 11.7. The number of rotatable bonds is 6. The van der Waals surface area contributed by atoms with Crippen molar-refractivity contribution in [2.45, 2.75) is 13.5 Å². The lowest BCUT2D eigenvalue weighted by atomic mass is 10.2. The average molecular weight is 286 g/mol. The Balaban J connectivity index is 2.11. The van der Waals surface area contributed by atoms with E-state index >= 15 is 0 Å². The lowest BCUT2D eigenvalue weighted by Crippen LogP contribution is -2.05. The van der Waals surface area contributed by atoms with Gasteiger partial charge in [0.25, 0.3) is 0 Å². The molecule has 0 unspecified atom stereocenters. The average Bonchev–Trinajstić information content (AvgIpc) is 2.54. The van der Waals surface area contributed by atoms with Crippen molar-refractivity contribution < 1.29 is 19.0 Å². The molecule has 0 aliphatic carbocycles. The number of hydrogen-bond donors (Lipinski definition) is 0. The number of carbonyl (C=O) groups excluding carboxylic acids is 1. The minimum atomic E-state index is -0.370. The molecule has 2 rings (SSSR count). The van der Waals surface area contributed by atoms with E-state index in [1.54, 1.807) is 32.2 Å². The Morgan fingerprint density at radius 3 is 2.48 bits per heavy atom. The fraction of sp³-hybridized carbons (Fsp3) is 0.235. The van der Waals surface area contributed by atoms with Crippen LogP contribution in [0.1, 0.15) is 22.8 Å². The third-order valence-electron chi connectivity index (χ3n) is 2.91. The summed E-state index contributed by atoms with van der Waals surface area (Å²) in [5.41, 5.74) is 1.51. The van der Waals surface area contributed by atoms with E-state index < -0.39 is 0 Å². The minimum Gasteiger partial charge on any atom is -0.493 e. The quantitative estimate of drug-likeness (QED) is 0.763. The largest absolute Gasteiger partial charge is 0.493 e. The molecule has 0 radical (unpaired) electrons. The normalized spacial score (nSPS) is 10.0. The standard InChI is InChI=1S/C17H18O4/c1-3-20-17(18)14-9-10-15(16(11-14)19-2)21-12-13-7-5-4-6-8-13/h4-11H,3,12H2,1-2H3. The molecule has 0 saturated heterocycles. The SMILES string of the molecule is CCOC(=O)c1ccc(OCc2ccccc2)c(OC)c1. The van der Waals surface area contributed by atoms with Gasteiger partial charge in [-0.25, -0.2) is 4.79 Å². The van der Waals surface area contributed by atoms with Crippen LogP contribution in [0.15, 0.2) is 48.5 Å². The Morgan fingerprint density at radius 1 is 1.05 bits per heavy atom. The molecule has 2 aromatic carbocycles. The summed E-state index contributed by atoms with van der Waals surface area (Å²) in [4.78, 5) is 11.7. The molecule has 21 heavy (non-hydrogen) atoms. The van der Waals surface area contributed by atoms with E-state index in [0.29, 0.717) is 30.3 Å². The van der Waals surface area contributed by atoms with E-state index in [2.05, 4.69) is 0 Å². The van der Waals surface area contributed by atoms with Crippen LogP contribution in [-0.2, 0) is 11.3 Å². The van der Waals surface area contributed by atoms with Crippen molar-refractivity contribution in [3.05, 3.63) is 59.7 Å². The van der Waals surface area contributed by atoms with Crippen LogP contribution in [0, 0.1) is 0 Å². The highest BCUT2D eigenvalue weighted by Gasteiger charge is 2.12. The number of methoxy groups -OCH3 is 1. The van der Waals surface area contributed by atoms with Gasteiger partial charge in [0, 0.05) is 0 Å². The minimum absolute atomic E-state index is 0.341. The number of benzene rings is 2. The van der Waals surface area contributed by atoms with E-state index in [-0.39, 0.29) is 5.97 Å². The fourth-order valence-corrected chi connectivity index (χ4v) is 1.86. The second-order valence-electron chi connectivity index (χ2n) is 4.36. The molecule has 0 fully saturated rings. The van der Waals surface area contributed by atoms with Crippen molar-refractivity contribution in [3.63, 3.8) is 0 Å². The first-order valence-corrected chi connectivity index (χ1v) is 6.76. The van der Waals surface area contributed by atoms with Crippen LogP contribution in [0.2, 0.25) is 0 Å². The zero-order chi connectivity index (χ0) is 15.1. The smallest absolute Gasteiger partial charge is 0.338 e. The zero-order valence-electron chi connectivity index (χ0n) is 12.2. The fourth-order valence-electron chi connectivity index (χ4n) is 1.86. The van der Waals surface area contributed by atoms with Crippen LogP contribution < -0.4 is 9.47 Å². The van der Waals surface area contributed by atoms with E-state index in [4.69, 9.17) is 14.2 Å². The van der Waals surface area contributed by atoms with Crippen LogP contribution >= 0.6 is 0 Å². The van der Waals surface area contributed by atoms with Crippen LogP contribution in [0.3, 0.4) is 0 Å². The van der Waals surface area contributed by atoms with E-state index in [1.165, 1.54) is 0 Å². The first kappa shape index (κ1) is 14.9. The Labute approximate surface area is 124 Å². The van der Waals surface area contributed by atoms with Gasteiger partial charge in [0.2, 0.25) is 0 Å². The maximum Gasteiger partial charge on any atom is 0.338 e. The summed E-state index contributed by atoms with van der Waals surface area (Å²) in [5.74, 6) is 0.733. The third-order valence-corrected chi connectivity index (χ3v) is 2.91. The molecule has 0 heterocycles. The summed E-state index contributed by atoms with van der Waals surface area (Å²) in [7, 11) is 1.54. The Bertz CT molecular complexity index is 593.